The number of piperidine rings is 1. The third-order valence-corrected chi connectivity index (χ3v) is 4.65. The minimum absolute atomic E-state index is 0.0316. The molecule has 148 valence electrons. The highest BCUT2D eigenvalue weighted by atomic mass is 16.5. The van der Waals surface area contributed by atoms with Crippen LogP contribution in [0.1, 0.15) is 25.3 Å². The first-order valence-corrected chi connectivity index (χ1v) is 9.34. The zero-order chi connectivity index (χ0) is 19.9. The van der Waals surface area contributed by atoms with Crippen molar-refractivity contribution in [2.75, 3.05) is 25.5 Å². The van der Waals surface area contributed by atoms with E-state index in [0.717, 1.165) is 24.2 Å². The van der Waals surface area contributed by atoms with Crippen molar-refractivity contribution in [3.8, 4) is 11.6 Å². The average Bonchev–Trinajstić information content (AvgIpc) is 2.70. The third-order valence-electron chi connectivity index (χ3n) is 4.65. The third kappa shape index (κ3) is 5.45. The SMILES string of the molecule is COc1ccc(CC(=O)N2CCC(Oc3ccc(NC(C)=O)cn3)CC2)cc1. The first-order chi connectivity index (χ1) is 13.5. The number of nitrogens with one attached hydrogen (secondary N) is 1. The molecular weight excluding hydrogens is 358 g/mol. The number of ether oxygens (including phenoxy) is 2. The first kappa shape index (κ1) is 19.7. The van der Waals surface area contributed by atoms with Gasteiger partial charge in [-0.25, -0.2) is 4.98 Å². The lowest BCUT2D eigenvalue weighted by molar-refractivity contribution is -0.132. The first-order valence-electron chi connectivity index (χ1n) is 9.34. The molecule has 0 bridgehead atoms. The molecule has 1 saturated heterocycles. The molecule has 0 unspecified atom stereocenters. The predicted molar refractivity (Wildman–Crippen MR) is 105 cm³/mol. The highest BCUT2D eigenvalue weighted by molar-refractivity contribution is 5.88. The van der Waals surface area contributed by atoms with Crippen LogP contribution in [0.2, 0.25) is 0 Å². The molecule has 1 aromatic heterocycles. The molecular formula is C21H25N3O4. The molecule has 2 aromatic rings. The average molecular weight is 383 g/mol. The number of hydrogen-bond donors (Lipinski definition) is 1. The number of anilines is 1. The molecule has 7 heteroatoms. The van der Waals surface area contributed by atoms with Gasteiger partial charge in [0.1, 0.15) is 11.9 Å². The van der Waals surface area contributed by atoms with Crippen LogP contribution in [-0.4, -0.2) is 48.0 Å². The molecule has 0 spiro atoms. The molecule has 0 saturated carbocycles. The number of nitrogens with zero attached hydrogens (tertiary/aromatic N) is 2. The minimum Gasteiger partial charge on any atom is -0.497 e. The molecule has 2 amide bonds. The Balaban J connectivity index is 1.45. The maximum atomic E-state index is 12.5. The minimum atomic E-state index is -0.137. The van der Waals surface area contributed by atoms with Crippen LogP contribution in [0.3, 0.4) is 0 Å². The van der Waals surface area contributed by atoms with Crippen molar-refractivity contribution in [1.29, 1.82) is 0 Å². The van der Waals surface area contributed by atoms with Gasteiger partial charge in [0.05, 0.1) is 25.4 Å². The Morgan fingerprint density at radius 2 is 1.86 bits per heavy atom. The molecule has 7 nitrogen and oxygen atoms in total. The van der Waals surface area contributed by atoms with Crippen molar-refractivity contribution < 1.29 is 19.1 Å². The van der Waals surface area contributed by atoms with Gasteiger partial charge in [-0.05, 0) is 23.8 Å². The fourth-order valence-corrected chi connectivity index (χ4v) is 3.15. The van der Waals surface area contributed by atoms with Gasteiger partial charge in [0.25, 0.3) is 0 Å². The van der Waals surface area contributed by atoms with Crippen molar-refractivity contribution >= 4 is 17.5 Å². The van der Waals surface area contributed by atoms with Crippen molar-refractivity contribution in [1.82, 2.24) is 9.88 Å². The van der Waals surface area contributed by atoms with E-state index in [9.17, 15) is 9.59 Å². The van der Waals surface area contributed by atoms with E-state index in [4.69, 9.17) is 9.47 Å². The summed E-state index contributed by atoms with van der Waals surface area (Å²) in [5.41, 5.74) is 1.62. The smallest absolute Gasteiger partial charge is 0.226 e. The summed E-state index contributed by atoms with van der Waals surface area (Å²) in [6.45, 7) is 2.79. The quantitative estimate of drug-likeness (QED) is 0.829. The molecule has 1 aliphatic heterocycles. The molecule has 0 aliphatic carbocycles. The Morgan fingerprint density at radius 3 is 2.43 bits per heavy atom. The molecule has 3 rings (SSSR count). The molecule has 0 atom stereocenters. The lowest BCUT2D eigenvalue weighted by Gasteiger charge is -2.32. The summed E-state index contributed by atoms with van der Waals surface area (Å²) in [5, 5.41) is 2.67. The molecule has 2 heterocycles. The highest BCUT2D eigenvalue weighted by Crippen LogP contribution is 2.20. The maximum absolute atomic E-state index is 12.5. The lowest BCUT2D eigenvalue weighted by atomic mass is 10.1. The van der Waals surface area contributed by atoms with Crippen molar-refractivity contribution in [2.45, 2.75) is 32.3 Å². The molecule has 1 N–H and O–H groups in total. The van der Waals surface area contributed by atoms with Gasteiger partial charge < -0.3 is 19.7 Å². The molecule has 1 fully saturated rings. The van der Waals surface area contributed by atoms with Gasteiger partial charge in [0.15, 0.2) is 0 Å². The Kier molecular flexibility index (Phi) is 6.47. The number of rotatable bonds is 6. The van der Waals surface area contributed by atoms with Gasteiger partial charge in [0, 0.05) is 38.9 Å². The summed E-state index contributed by atoms with van der Waals surface area (Å²) in [7, 11) is 1.62. The number of pyridine rings is 1. The van der Waals surface area contributed by atoms with Gasteiger partial charge in [-0.3, -0.25) is 9.59 Å². The van der Waals surface area contributed by atoms with Crippen molar-refractivity contribution in [3.05, 3.63) is 48.2 Å². The van der Waals surface area contributed by atoms with E-state index in [0.29, 0.717) is 31.1 Å². The number of carbonyl (C=O) groups excluding carboxylic acids is 2. The standard InChI is InChI=1S/C21H25N3O4/c1-15(25)23-17-5-8-20(22-14-17)28-19-9-11-24(12-10-19)21(26)13-16-3-6-18(27-2)7-4-16/h3-8,14,19H,9-13H2,1-2H3,(H,23,25). The van der Waals surface area contributed by atoms with Crippen LogP contribution in [0.4, 0.5) is 5.69 Å². The summed E-state index contributed by atoms with van der Waals surface area (Å²) in [5.74, 6) is 1.30. The number of carbonyl (C=O) groups is 2. The number of likely N-dealkylation sites (tertiary alicyclic amines) is 1. The summed E-state index contributed by atoms with van der Waals surface area (Å²) in [6.07, 6.45) is 3.53. The molecule has 0 radical (unpaired) electrons. The van der Waals surface area contributed by atoms with E-state index >= 15 is 0 Å². The summed E-state index contributed by atoms with van der Waals surface area (Å²) >= 11 is 0. The number of hydrogen-bond acceptors (Lipinski definition) is 5. The monoisotopic (exact) mass is 383 g/mol. The van der Waals surface area contributed by atoms with Crippen LogP contribution in [0, 0.1) is 0 Å². The topological polar surface area (TPSA) is 80.8 Å². The van der Waals surface area contributed by atoms with Gasteiger partial charge in [-0.2, -0.15) is 0 Å². The van der Waals surface area contributed by atoms with E-state index in [1.165, 1.54) is 6.92 Å². The molecule has 1 aliphatic rings. The molecule has 28 heavy (non-hydrogen) atoms. The second kappa shape index (κ2) is 9.21. The largest absolute Gasteiger partial charge is 0.497 e. The van der Waals surface area contributed by atoms with Crippen LogP contribution in [-0.2, 0) is 16.0 Å². The summed E-state index contributed by atoms with van der Waals surface area (Å²) < 4.78 is 11.1. The van der Waals surface area contributed by atoms with E-state index in [2.05, 4.69) is 10.3 Å². The highest BCUT2D eigenvalue weighted by Gasteiger charge is 2.24. The van der Waals surface area contributed by atoms with E-state index in [1.807, 2.05) is 29.2 Å². The van der Waals surface area contributed by atoms with Gasteiger partial charge in [-0.15, -0.1) is 0 Å². The Bertz CT molecular complexity index is 797. The van der Waals surface area contributed by atoms with Gasteiger partial charge >= 0.3 is 0 Å². The fourth-order valence-electron chi connectivity index (χ4n) is 3.15. The van der Waals surface area contributed by atoms with Gasteiger partial charge in [0.2, 0.25) is 17.7 Å². The van der Waals surface area contributed by atoms with E-state index in [1.54, 1.807) is 25.4 Å². The Hall–Kier alpha value is -3.09. The fraction of sp³-hybridized carbons (Fsp3) is 0.381. The van der Waals surface area contributed by atoms with Crippen molar-refractivity contribution in [3.63, 3.8) is 0 Å². The van der Waals surface area contributed by atoms with Gasteiger partial charge in [-0.1, -0.05) is 12.1 Å². The second-order valence-electron chi connectivity index (χ2n) is 6.79. The Morgan fingerprint density at radius 1 is 1.14 bits per heavy atom. The van der Waals surface area contributed by atoms with Crippen LogP contribution < -0.4 is 14.8 Å². The number of benzene rings is 1. The number of methoxy groups -OCH3 is 1. The van der Waals surface area contributed by atoms with E-state index in [-0.39, 0.29) is 17.9 Å². The van der Waals surface area contributed by atoms with Crippen LogP contribution in [0.15, 0.2) is 42.6 Å². The predicted octanol–water partition coefficient (Wildman–Crippen LogP) is 2.66. The van der Waals surface area contributed by atoms with Crippen molar-refractivity contribution in [2.24, 2.45) is 0 Å². The summed E-state index contributed by atoms with van der Waals surface area (Å²) in [4.78, 5) is 29.7. The summed E-state index contributed by atoms with van der Waals surface area (Å²) in [6, 6.07) is 11.1. The van der Waals surface area contributed by atoms with Crippen LogP contribution >= 0.6 is 0 Å². The van der Waals surface area contributed by atoms with Crippen LogP contribution in [0.5, 0.6) is 11.6 Å². The Labute approximate surface area is 164 Å². The second-order valence-corrected chi connectivity index (χ2v) is 6.79. The molecule has 1 aromatic carbocycles. The zero-order valence-corrected chi connectivity index (χ0v) is 16.2. The normalized spacial score (nSPS) is 14.4. The van der Waals surface area contributed by atoms with Crippen LogP contribution in [0.25, 0.3) is 0 Å². The maximum Gasteiger partial charge on any atom is 0.226 e. The number of amides is 2. The number of aromatic nitrogens is 1. The zero-order valence-electron chi connectivity index (χ0n) is 16.2. The van der Waals surface area contributed by atoms with E-state index < -0.39 is 0 Å². The lowest BCUT2D eigenvalue weighted by Crippen LogP contribution is -2.42.